The average molecular weight is 269 g/mol. The molecule has 1 atom stereocenters. The fourth-order valence-corrected chi connectivity index (χ4v) is 2.60. The van der Waals surface area contributed by atoms with Crippen molar-refractivity contribution < 1.29 is 13.6 Å². The van der Waals surface area contributed by atoms with E-state index in [-0.39, 0.29) is 25.1 Å². The lowest BCUT2D eigenvalue weighted by Gasteiger charge is -2.32. The van der Waals surface area contributed by atoms with E-state index >= 15 is 0 Å². The van der Waals surface area contributed by atoms with Crippen molar-refractivity contribution in [3.8, 4) is 6.07 Å². The van der Waals surface area contributed by atoms with E-state index < -0.39 is 8.53 Å². The average Bonchev–Trinajstić information content (AvgIpc) is 2.21. The number of nitrogens with zero attached hydrogens (tertiary/aromatic N) is 2. The summed E-state index contributed by atoms with van der Waals surface area (Å²) in [6.45, 7) is 8.28. The molecular formula is C9H18ClN2O3P. The standard InChI is InChI=1S/C9H18ClN2O3P/c1-8(2)12(9(3)4)16(14-10)15-13-7-5-6-11/h8-9H,5,7H2,1-4H3. The van der Waals surface area contributed by atoms with Crippen LogP contribution < -0.4 is 0 Å². The first-order valence-electron chi connectivity index (χ1n) is 5.08. The summed E-state index contributed by atoms with van der Waals surface area (Å²) in [4.78, 5) is 4.86. The molecule has 0 bridgehead atoms. The molecule has 0 heterocycles. The normalized spacial score (nSPS) is 13.4. The van der Waals surface area contributed by atoms with E-state index in [0.29, 0.717) is 0 Å². The summed E-state index contributed by atoms with van der Waals surface area (Å²) in [5, 5.41) is 8.33. The molecule has 0 aliphatic rings. The first-order valence-corrected chi connectivity index (χ1v) is 6.52. The van der Waals surface area contributed by atoms with E-state index in [4.69, 9.17) is 30.8 Å². The monoisotopic (exact) mass is 268 g/mol. The summed E-state index contributed by atoms with van der Waals surface area (Å²) in [5.74, 6) is 0. The van der Waals surface area contributed by atoms with Gasteiger partial charge in [-0.3, -0.25) is 0 Å². The highest BCUT2D eigenvalue weighted by atomic mass is 35.5. The summed E-state index contributed by atoms with van der Waals surface area (Å²) in [6.07, 6.45) is 0.273. The molecule has 0 radical (unpaired) electrons. The maximum atomic E-state index is 8.33. The van der Waals surface area contributed by atoms with Gasteiger partial charge >= 0.3 is 8.53 Å². The zero-order chi connectivity index (χ0) is 12.6. The number of halogens is 1. The second kappa shape index (κ2) is 9.12. The topological polar surface area (TPSA) is 54.7 Å². The van der Waals surface area contributed by atoms with Crippen molar-refractivity contribution in [2.24, 2.45) is 0 Å². The van der Waals surface area contributed by atoms with Gasteiger partial charge in [-0.05, 0) is 27.7 Å². The van der Waals surface area contributed by atoms with E-state index in [0.717, 1.165) is 0 Å². The summed E-state index contributed by atoms with van der Waals surface area (Å²) >= 11 is 5.38. The summed E-state index contributed by atoms with van der Waals surface area (Å²) in [6, 6.07) is 2.40. The Labute approximate surface area is 103 Å². The van der Waals surface area contributed by atoms with Gasteiger partial charge in [0.05, 0.1) is 31.0 Å². The van der Waals surface area contributed by atoms with Crippen LogP contribution in [0.2, 0.25) is 0 Å². The Morgan fingerprint density at radius 2 is 1.88 bits per heavy atom. The quantitative estimate of drug-likeness (QED) is 0.292. The van der Waals surface area contributed by atoms with Crippen LogP contribution in [0.4, 0.5) is 0 Å². The molecule has 0 spiro atoms. The number of hydrogen-bond donors (Lipinski definition) is 0. The van der Waals surface area contributed by atoms with E-state index in [1.54, 1.807) is 0 Å². The van der Waals surface area contributed by atoms with Gasteiger partial charge in [-0.1, -0.05) is 0 Å². The molecule has 0 N–H and O–H groups in total. The van der Waals surface area contributed by atoms with Gasteiger partial charge in [0.1, 0.15) is 0 Å². The van der Waals surface area contributed by atoms with Crippen LogP contribution in [0, 0.1) is 11.3 Å². The minimum Gasteiger partial charge on any atom is -0.229 e. The second-order valence-corrected chi connectivity index (χ2v) is 5.32. The molecule has 0 amide bonds. The lowest BCUT2D eigenvalue weighted by molar-refractivity contribution is -0.209. The van der Waals surface area contributed by atoms with Crippen LogP contribution in [0.3, 0.4) is 0 Å². The Kier molecular flexibility index (Phi) is 9.15. The number of hydrogen-bond acceptors (Lipinski definition) is 5. The van der Waals surface area contributed by atoms with Crippen LogP contribution in [0.15, 0.2) is 0 Å². The fraction of sp³-hybridized carbons (Fsp3) is 0.889. The Hall–Kier alpha value is 0.0500. The largest absolute Gasteiger partial charge is 0.309 e. The Bertz CT molecular complexity index is 215. The molecule has 0 rings (SSSR count). The molecule has 16 heavy (non-hydrogen) atoms. The predicted molar refractivity (Wildman–Crippen MR) is 63.2 cm³/mol. The van der Waals surface area contributed by atoms with Gasteiger partial charge in [-0.15, -0.1) is 0 Å². The third kappa shape index (κ3) is 5.95. The summed E-state index contributed by atoms with van der Waals surface area (Å²) in [5.41, 5.74) is 0. The molecule has 0 aromatic carbocycles. The zero-order valence-corrected chi connectivity index (χ0v) is 11.7. The number of rotatable bonds is 8. The minimum absolute atomic E-state index is 0.208. The maximum absolute atomic E-state index is 8.33. The van der Waals surface area contributed by atoms with Gasteiger partial charge in [0, 0.05) is 12.1 Å². The Balaban J connectivity index is 4.17. The van der Waals surface area contributed by atoms with Crippen molar-refractivity contribution >= 4 is 20.4 Å². The van der Waals surface area contributed by atoms with Crippen LogP contribution in [-0.4, -0.2) is 23.4 Å². The molecule has 0 aromatic heterocycles. The first kappa shape index (κ1) is 16.1. The van der Waals surface area contributed by atoms with Crippen molar-refractivity contribution in [3.05, 3.63) is 0 Å². The molecule has 7 heteroatoms. The molecule has 94 valence electrons. The SMILES string of the molecule is CC(C)N(C(C)C)P(OCl)OOCCC#N. The summed E-state index contributed by atoms with van der Waals surface area (Å²) in [7, 11) is -1.45. The van der Waals surface area contributed by atoms with Crippen LogP contribution >= 0.6 is 20.4 Å². The highest BCUT2D eigenvalue weighted by molar-refractivity contribution is 7.45. The maximum Gasteiger partial charge on any atom is 0.309 e. The van der Waals surface area contributed by atoms with Gasteiger partial charge in [0.15, 0.2) is 0 Å². The van der Waals surface area contributed by atoms with Crippen molar-refractivity contribution in [3.63, 3.8) is 0 Å². The van der Waals surface area contributed by atoms with Crippen molar-refractivity contribution in [2.75, 3.05) is 6.61 Å². The number of nitriles is 1. The van der Waals surface area contributed by atoms with E-state index in [9.17, 15) is 0 Å². The van der Waals surface area contributed by atoms with Gasteiger partial charge in [-0.25, -0.2) is 13.6 Å². The highest BCUT2D eigenvalue weighted by Crippen LogP contribution is 2.47. The molecule has 0 saturated carbocycles. The van der Waals surface area contributed by atoms with E-state index in [1.165, 1.54) is 0 Å². The van der Waals surface area contributed by atoms with Crippen molar-refractivity contribution in [2.45, 2.75) is 46.2 Å². The van der Waals surface area contributed by atoms with Gasteiger partial charge in [0.25, 0.3) is 0 Å². The smallest absolute Gasteiger partial charge is 0.229 e. The molecule has 0 aromatic rings. The Morgan fingerprint density at radius 3 is 2.25 bits per heavy atom. The predicted octanol–water partition coefficient (Wildman–Crippen LogP) is 3.36. The van der Waals surface area contributed by atoms with Crippen LogP contribution in [-0.2, 0) is 13.6 Å². The van der Waals surface area contributed by atoms with Gasteiger partial charge in [0.2, 0.25) is 0 Å². The van der Waals surface area contributed by atoms with Crippen molar-refractivity contribution in [1.82, 2.24) is 4.67 Å². The fourth-order valence-electron chi connectivity index (χ4n) is 1.23. The molecule has 1 unspecified atom stereocenters. The van der Waals surface area contributed by atoms with Gasteiger partial charge < -0.3 is 0 Å². The lowest BCUT2D eigenvalue weighted by atomic mass is 10.3. The van der Waals surface area contributed by atoms with Crippen LogP contribution in [0.1, 0.15) is 34.1 Å². The van der Waals surface area contributed by atoms with E-state index in [2.05, 4.69) is 0 Å². The zero-order valence-electron chi connectivity index (χ0n) is 10.0. The molecule has 0 aliphatic carbocycles. The molecular weight excluding hydrogens is 251 g/mol. The minimum atomic E-state index is -1.45. The van der Waals surface area contributed by atoms with Crippen LogP contribution in [0.5, 0.6) is 0 Å². The molecule has 5 nitrogen and oxygen atoms in total. The Morgan fingerprint density at radius 1 is 1.31 bits per heavy atom. The lowest BCUT2D eigenvalue weighted by Crippen LogP contribution is -2.33. The van der Waals surface area contributed by atoms with Gasteiger partial charge in [-0.2, -0.15) is 9.94 Å². The van der Waals surface area contributed by atoms with Crippen LogP contribution in [0.25, 0.3) is 0 Å². The third-order valence-corrected chi connectivity index (χ3v) is 3.73. The molecule has 0 fully saturated rings. The molecule has 0 saturated heterocycles. The second-order valence-electron chi connectivity index (χ2n) is 3.68. The first-order chi connectivity index (χ1) is 7.54. The molecule has 0 aliphatic heterocycles. The summed E-state index contributed by atoms with van der Waals surface area (Å²) < 4.78 is 11.8. The highest BCUT2D eigenvalue weighted by Gasteiger charge is 2.28. The van der Waals surface area contributed by atoms with E-state index in [1.807, 2.05) is 38.4 Å². The third-order valence-electron chi connectivity index (χ3n) is 1.72. The van der Waals surface area contributed by atoms with Crippen molar-refractivity contribution in [1.29, 1.82) is 5.26 Å².